The summed E-state index contributed by atoms with van der Waals surface area (Å²) in [6.45, 7) is 3.51. The summed E-state index contributed by atoms with van der Waals surface area (Å²) in [5, 5.41) is 11.7. The molecule has 0 bridgehead atoms. The van der Waals surface area contributed by atoms with Crippen molar-refractivity contribution in [1.29, 1.82) is 0 Å². The van der Waals surface area contributed by atoms with Crippen LogP contribution in [0.1, 0.15) is 62.5 Å². The van der Waals surface area contributed by atoms with E-state index in [1.54, 1.807) is 4.90 Å². The number of unbranched alkanes of at least 4 members (excludes halogenated alkanes) is 1. The summed E-state index contributed by atoms with van der Waals surface area (Å²) in [5.41, 5.74) is 4.68. The van der Waals surface area contributed by atoms with Gasteiger partial charge in [0.05, 0.1) is 0 Å². The highest BCUT2D eigenvalue weighted by atomic mass is 16.5. The van der Waals surface area contributed by atoms with E-state index in [0.717, 1.165) is 24.0 Å². The van der Waals surface area contributed by atoms with Crippen LogP contribution in [0.15, 0.2) is 48.5 Å². The Labute approximate surface area is 206 Å². The van der Waals surface area contributed by atoms with Gasteiger partial charge in [-0.25, -0.2) is 4.79 Å². The monoisotopic (exact) mass is 478 g/mol. The fourth-order valence-electron chi connectivity index (χ4n) is 5.11. The lowest BCUT2D eigenvalue weighted by Crippen LogP contribution is -2.51. The Bertz CT molecular complexity index is 1020. The number of rotatable bonds is 11. The van der Waals surface area contributed by atoms with Gasteiger partial charge in [0, 0.05) is 37.9 Å². The number of amides is 2. The molecule has 4 rings (SSSR count). The molecule has 0 aromatic heterocycles. The second kappa shape index (κ2) is 11.4. The van der Waals surface area contributed by atoms with E-state index in [1.165, 1.54) is 11.1 Å². The standard InChI is InChI=1S/C28H34N2O5/c1-2-3-8-20(15-26(31)30-16-19(17-30)13-14-27(32)33)29-28(34)35-18-25-23-11-6-4-9-21(23)22-10-5-7-12-24(22)25/h4-7,9-12,19-20,25H,2-3,8,13-18H2,1H3,(H,29,34)(H,32,33)/t20-/m0/s1. The summed E-state index contributed by atoms with van der Waals surface area (Å²) in [4.78, 5) is 37.9. The topological polar surface area (TPSA) is 95.9 Å². The van der Waals surface area contributed by atoms with Gasteiger partial charge in [-0.05, 0) is 41.0 Å². The van der Waals surface area contributed by atoms with Crippen molar-refractivity contribution in [2.75, 3.05) is 19.7 Å². The summed E-state index contributed by atoms with van der Waals surface area (Å²) >= 11 is 0. The molecule has 2 aliphatic rings. The van der Waals surface area contributed by atoms with Crippen LogP contribution in [0.5, 0.6) is 0 Å². The molecule has 2 N–H and O–H groups in total. The van der Waals surface area contributed by atoms with Gasteiger partial charge in [0.25, 0.3) is 0 Å². The number of carbonyl (C=O) groups excluding carboxylic acids is 2. The average molecular weight is 479 g/mol. The zero-order valence-electron chi connectivity index (χ0n) is 20.2. The lowest BCUT2D eigenvalue weighted by atomic mass is 9.93. The number of carboxylic acids is 1. The SMILES string of the molecule is CCCC[C@@H](CC(=O)N1CC(CCC(=O)O)C1)NC(=O)OCC1c2ccccc2-c2ccccc21. The minimum Gasteiger partial charge on any atom is -0.481 e. The molecule has 186 valence electrons. The summed E-state index contributed by atoms with van der Waals surface area (Å²) in [6.07, 6.45) is 3.05. The molecular weight excluding hydrogens is 444 g/mol. The molecule has 1 aliphatic carbocycles. The third-order valence-corrected chi connectivity index (χ3v) is 7.07. The second-order valence-electron chi connectivity index (χ2n) is 9.61. The lowest BCUT2D eigenvalue weighted by molar-refractivity contribution is -0.139. The first-order chi connectivity index (χ1) is 17.0. The van der Waals surface area contributed by atoms with E-state index in [2.05, 4.69) is 36.5 Å². The van der Waals surface area contributed by atoms with E-state index in [-0.39, 0.29) is 43.2 Å². The van der Waals surface area contributed by atoms with Gasteiger partial charge >= 0.3 is 12.1 Å². The lowest BCUT2D eigenvalue weighted by Gasteiger charge is -2.40. The Morgan fingerprint density at radius 2 is 1.69 bits per heavy atom. The van der Waals surface area contributed by atoms with Gasteiger partial charge in [0.15, 0.2) is 0 Å². The van der Waals surface area contributed by atoms with Crippen molar-refractivity contribution in [2.45, 2.75) is 57.4 Å². The van der Waals surface area contributed by atoms with Crippen molar-refractivity contribution in [1.82, 2.24) is 10.2 Å². The largest absolute Gasteiger partial charge is 0.481 e. The predicted molar refractivity (Wildman–Crippen MR) is 133 cm³/mol. The van der Waals surface area contributed by atoms with Gasteiger partial charge in [-0.15, -0.1) is 0 Å². The minimum absolute atomic E-state index is 0.00312. The van der Waals surface area contributed by atoms with Crippen molar-refractivity contribution >= 4 is 18.0 Å². The van der Waals surface area contributed by atoms with Gasteiger partial charge < -0.3 is 20.1 Å². The van der Waals surface area contributed by atoms with Crippen LogP contribution in [0.3, 0.4) is 0 Å². The van der Waals surface area contributed by atoms with E-state index >= 15 is 0 Å². The number of nitrogens with one attached hydrogen (secondary N) is 1. The molecule has 2 aromatic carbocycles. The minimum atomic E-state index is -0.804. The van der Waals surface area contributed by atoms with Gasteiger partial charge in [0.1, 0.15) is 6.61 Å². The summed E-state index contributed by atoms with van der Waals surface area (Å²) in [6, 6.07) is 16.1. The van der Waals surface area contributed by atoms with Crippen molar-refractivity contribution in [3.63, 3.8) is 0 Å². The van der Waals surface area contributed by atoms with Gasteiger partial charge in [-0.2, -0.15) is 0 Å². The Hall–Kier alpha value is -3.35. The highest BCUT2D eigenvalue weighted by Crippen LogP contribution is 2.44. The van der Waals surface area contributed by atoms with Crippen LogP contribution in [0.4, 0.5) is 4.79 Å². The first-order valence-corrected chi connectivity index (χ1v) is 12.6. The number of aliphatic carboxylic acids is 1. The molecule has 1 aliphatic heterocycles. The van der Waals surface area contributed by atoms with E-state index in [0.29, 0.717) is 25.9 Å². The molecular formula is C28H34N2O5. The van der Waals surface area contributed by atoms with Crippen molar-refractivity contribution in [2.24, 2.45) is 5.92 Å². The molecule has 1 saturated heterocycles. The van der Waals surface area contributed by atoms with Crippen molar-refractivity contribution in [3.8, 4) is 11.1 Å². The fraction of sp³-hybridized carbons (Fsp3) is 0.464. The molecule has 1 fully saturated rings. The third-order valence-electron chi connectivity index (χ3n) is 7.07. The highest BCUT2D eigenvalue weighted by molar-refractivity contribution is 5.80. The third kappa shape index (κ3) is 6.02. The quantitative estimate of drug-likeness (QED) is 0.484. The van der Waals surface area contributed by atoms with Crippen LogP contribution < -0.4 is 5.32 Å². The average Bonchev–Trinajstić information content (AvgIpc) is 3.13. The zero-order valence-corrected chi connectivity index (χ0v) is 20.2. The van der Waals surface area contributed by atoms with Crippen LogP contribution in [0, 0.1) is 5.92 Å². The smallest absolute Gasteiger partial charge is 0.407 e. The van der Waals surface area contributed by atoms with Crippen LogP contribution in [0.2, 0.25) is 0 Å². The predicted octanol–water partition coefficient (Wildman–Crippen LogP) is 4.80. The molecule has 1 heterocycles. The number of likely N-dealkylation sites (tertiary alicyclic amines) is 1. The van der Waals surface area contributed by atoms with Crippen LogP contribution in [-0.4, -0.2) is 53.7 Å². The maximum Gasteiger partial charge on any atom is 0.407 e. The molecule has 1 atom stereocenters. The van der Waals surface area contributed by atoms with E-state index < -0.39 is 12.1 Å². The Balaban J connectivity index is 1.30. The number of benzene rings is 2. The Kier molecular flexibility index (Phi) is 8.06. The van der Waals surface area contributed by atoms with E-state index in [4.69, 9.17) is 9.84 Å². The zero-order chi connectivity index (χ0) is 24.8. The molecule has 0 spiro atoms. The summed E-state index contributed by atoms with van der Waals surface area (Å²) in [5.74, 6) is -0.565. The van der Waals surface area contributed by atoms with Gasteiger partial charge in [-0.3, -0.25) is 9.59 Å². The first kappa shape index (κ1) is 24.8. The molecule has 2 amide bonds. The Morgan fingerprint density at radius 3 is 2.29 bits per heavy atom. The van der Waals surface area contributed by atoms with Crippen LogP contribution in [-0.2, 0) is 14.3 Å². The molecule has 7 heteroatoms. The molecule has 2 aromatic rings. The molecule has 0 saturated carbocycles. The van der Waals surface area contributed by atoms with Crippen LogP contribution >= 0.6 is 0 Å². The summed E-state index contributed by atoms with van der Waals surface area (Å²) in [7, 11) is 0. The molecule has 0 unspecified atom stereocenters. The maximum atomic E-state index is 12.7. The Morgan fingerprint density at radius 1 is 1.06 bits per heavy atom. The number of carboxylic acid groups (broad SMARTS) is 1. The molecule has 0 radical (unpaired) electrons. The molecule has 7 nitrogen and oxygen atoms in total. The number of ether oxygens (including phenoxy) is 1. The van der Waals surface area contributed by atoms with E-state index in [9.17, 15) is 14.4 Å². The maximum absolute atomic E-state index is 12.7. The second-order valence-corrected chi connectivity index (χ2v) is 9.61. The number of alkyl carbamates (subject to hydrolysis) is 1. The number of hydrogen-bond acceptors (Lipinski definition) is 4. The number of fused-ring (bicyclic) bond motifs is 3. The van der Waals surface area contributed by atoms with E-state index in [1.807, 2.05) is 24.3 Å². The van der Waals surface area contributed by atoms with Gasteiger partial charge in [-0.1, -0.05) is 68.3 Å². The number of hydrogen-bond donors (Lipinski definition) is 2. The van der Waals surface area contributed by atoms with Crippen LogP contribution in [0.25, 0.3) is 11.1 Å². The number of carbonyl (C=O) groups is 3. The summed E-state index contributed by atoms with van der Waals surface area (Å²) < 4.78 is 5.67. The van der Waals surface area contributed by atoms with Crippen molar-refractivity contribution in [3.05, 3.63) is 59.7 Å². The fourth-order valence-corrected chi connectivity index (χ4v) is 5.11. The molecule has 35 heavy (non-hydrogen) atoms. The normalized spacial score (nSPS) is 15.6. The number of nitrogens with zero attached hydrogens (tertiary/aromatic N) is 1. The van der Waals surface area contributed by atoms with Crippen molar-refractivity contribution < 1.29 is 24.2 Å². The highest BCUT2D eigenvalue weighted by Gasteiger charge is 2.32. The first-order valence-electron chi connectivity index (χ1n) is 12.6. The van der Waals surface area contributed by atoms with Gasteiger partial charge in [0.2, 0.25) is 5.91 Å².